The summed E-state index contributed by atoms with van der Waals surface area (Å²) in [5, 5.41) is 14.0. The van der Waals surface area contributed by atoms with Crippen LogP contribution in [-0.4, -0.2) is 30.8 Å². The van der Waals surface area contributed by atoms with Gasteiger partial charge in [-0.05, 0) is 41.2 Å². The third-order valence-electron chi connectivity index (χ3n) is 5.29. The second-order valence-electron chi connectivity index (χ2n) is 8.93. The first kappa shape index (κ1) is 22.2. The Balaban J connectivity index is 1.65. The zero-order valence-corrected chi connectivity index (χ0v) is 19.4. The maximum atomic E-state index is 12.3. The van der Waals surface area contributed by atoms with Gasteiger partial charge < -0.3 is 15.2 Å². The van der Waals surface area contributed by atoms with Crippen LogP contribution in [0.5, 0.6) is 0 Å². The number of aromatic nitrogens is 5. The molecule has 3 aromatic heterocycles. The van der Waals surface area contributed by atoms with Crippen molar-refractivity contribution in [2.45, 2.75) is 39.7 Å². The molecule has 0 aliphatic rings. The zero-order chi connectivity index (χ0) is 23.6. The highest BCUT2D eigenvalue weighted by Crippen LogP contribution is 2.35. The van der Waals surface area contributed by atoms with E-state index in [1.807, 2.05) is 26.2 Å². The van der Waals surface area contributed by atoms with Crippen molar-refractivity contribution < 1.29 is 9.32 Å². The smallest absolute Gasteiger partial charge is 0.273 e. The SMILES string of the molecule is Cc1cc(-c2ccnc(Nc3cnn(C)c3)n2)c(C(C)(C)C)cc1CNC(=O)c1ccon1. The van der Waals surface area contributed by atoms with Crippen LogP contribution in [0, 0.1) is 6.92 Å². The summed E-state index contributed by atoms with van der Waals surface area (Å²) in [5.74, 6) is 0.230. The summed E-state index contributed by atoms with van der Waals surface area (Å²) in [6, 6.07) is 7.71. The zero-order valence-electron chi connectivity index (χ0n) is 19.4. The van der Waals surface area contributed by atoms with E-state index in [9.17, 15) is 4.79 Å². The van der Waals surface area contributed by atoms with E-state index in [-0.39, 0.29) is 17.0 Å². The summed E-state index contributed by atoms with van der Waals surface area (Å²) in [7, 11) is 1.86. The van der Waals surface area contributed by atoms with Crippen molar-refractivity contribution >= 4 is 17.5 Å². The molecule has 33 heavy (non-hydrogen) atoms. The average Bonchev–Trinajstić information content (AvgIpc) is 3.44. The van der Waals surface area contributed by atoms with Crippen molar-refractivity contribution in [3.8, 4) is 11.3 Å². The van der Waals surface area contributed by atoms with Crippen LogP contribution >= 0.6 is 0 Å². The van der Waals surface area contributed by atoms with E-state index in [1.165, 1.54) is 12.3 Å². The molecule has 0 aliphatic heterocycles. The van der Waals surface area contributed by atoms with Crippen LogP contribution in [0.15, 0.2) is 53.6 Å². The molecule has 0 atom stereocenters. The van der Waals surface area contributed by atoms with E-state index in [1.54, 1.807) is 17.1 Å². The molecular formula is C24H27N7O2. The van der Waals surface area contributed by atoms with Gasteiger partial charge in [-0.25, -0.2) is 9.97 Å². The highest BCUT2D eigenvalue weighted by atomic mass is 16.5. The first-order valence-corrected chi connectivity index (χ1v) is 10.6. The quantitative estimate of drug-likeness (QED) is 0.459. The van der Waals surface area contributed by atoms with Crippen LogP contribution < -0.4 is 10.6 Å². The second kappa shape index (κ2) is 8.85. The number of hydrogen-bond donors (Lipinski definition) is 2. The first-order chi connectivity index (χ1) is 15.7. The van der Waals surface area contributed by atoms with E-state index in [2.05, 4.69) is 58.8 Å². The molecule has 4 aromatic rings. The summed E-state index contributed by atoms with van der Waals surface area (Å²) in [6.07, 6.45) is 6.71. The van der Waals surface area contributed by atoms with Gasteiger partial charge in [-0.1, -0.05) is 32.0 Å². The molecule has 0 fully saturated rings. The minimum Gasteiger partial charge on any atom is -0.364 e. The van der Waals surface area contributed by atoms with E-state index in [0.717, 1.165) is 33.6 Å². The molecule has 9 nitrogen and oxygen atoms in total. The predicted octanol–water partition coefficient (Wildman–Crippen LogP) is 4.14. The van der Waals surface area contributed by atoms with Gasteiger partial charge in [0.05, 0.1) is 17.6 Å². The van der Waals surface area contributed by atoms with E-state index in [4.69, 9.17) is 9.51 Å². The number of carbonyl (C=O) groups is 1. The average molecular weight is 446 g/mol. The summed E-state index contributed by atoms with van der Waals surface area (Å²) in [4.78, 5) is 21.4. The molecule has 0 aliphatic carbocycles. The Morgan fingerprint density at radius 2 is 2.03 bits per heavy atom. The largest absolute Gasteiger partial charge is 0.364 e. The van der Waals surface area contributed by atoms with Crippen molar-refractivity contribution in [1.82, 2.24) is 30.2 Å². The van der Waals surface area contributed by atoms with Crippen LogP contribution in [0.3, 0.4) is 0 Å². The van der Waals surface area contributed by atoms with Crippen molar-refractivity contribution in [3.05, 3.63) is 71.5 Å². The fraction of sp³-hybridized carbons (Fsp3) is 0.292. The lowest BCUT2D eigenvalue weighted by molar-refractivity contribution is 0.0942. The number of nitrogens with one attached hydrogen (secondary N) is 2. The minimum atomic E-state index is -0.272. The number of hydrogen-bond acceptors (Lipinski definition) is 7. The minimum absolute atomic E-state index is 0.143. The number of nitrogens with zero attached hydrogens (tertiary/aromatic N) is 5. The predicted molar refractivity (Wildman–Crippen MR) is 125 cm³/mol. The third kappa shape index (κ3) is 5.08. The van der Waals surface area contributed by atoms with Crippen molar-refractivity contribution in [1.29, 1.82) is 0 Å². The van der Waals surface area contributed by atoms with Gasteiger partial charge in [0, 0.05) is 37.6 Å². The molecule has 1 aromatic carbocycles. The lowest BCUT2D eigenvalue weighted by Gasteiger charge is -2.25. The molecule has 170 valence electrons. The van der Waals surface area contributed by atoms with Gasteiger partial charge in [-0.15, -0.1) is 0 Å². The number of anilines is 2. The Bertz CT molecular complexity index is 1270. The highest BCUT2D eigenvalue weighted by Gasteiger charge is 2.22. The molecule has 0 radical (unpaired) electrons. The molecule has 0 saturated heterocycles. The Kier molecular flexibility index (Phi) is 5.95. The van der Waals surface area contributed by atoms with E-state index >= 15 is 0 Å². The fourth-order valence-corrected chi connectivity index (χ4v) is 3.56. The van der Waals surface area contributed by atoms with Gasteiger partial charge in [-0.2, -0.15) is 5.10 Å². The number of aryl methyl sites for hydroxylation is 2. The monoisotopic (exact) mass is 445 g/mol. The molecule has 9 heteroatoms. The highest BCUT2D eigenvalue weighted by molar-refractivity contribution is 5.91. The molecular weight excluding hydrogens is 418 g/mol. The van der Waals surface area contributed by atoms with Crippen LogP contribution in [-0.2, 0) is 19.0 Å². The van der Waals surface area contributed by atoms with Gasteiger partial charge in [-0.3, -0.25) is 9.48 Å². The first-order valence-electron chi connectivity index (χ1n) is 10.6. The Labute approximate surface area is 192 Å². The van der Waals surface area contributed by atoms with Crippen LogP contribution in [0.2, 0.25) is 0 Å². The number of rotatable bonds is 6. The molecule has 0 bridgehead atoms. The number of carbonyl (C=O) groups excluding carboxylic acids is 1. The van der Waals surface area contributed by atoms with Crippen LogP contribution in [0.4, 0.5) is 11.6 Å². The number of benzene rings is 1. The van der Waals surface area contributed by atoms with Crippen LogP contribution in [0.1, 0.15) is 48.0 Å². The molecule has 2 N–H and O–H groups in total. The summed E-state index contributed by atoms with van der Waals surface area (Å²) >= 11 is 0. The topological polar surface area (TPSA) is 111 Å². The van der Waals surface area contributed by atoms with E-state index < -0.39 is 0 Å². The lowest BCUT2D eigenvalue weighted by Crippen LogP contribution is -2.24. The molecule has 0 spiro atoms. The fourth-order valence-electron chi connectivity index (χ4n) is 3.56. The van der Waals surface area contributed by atoms with Crippen LogP contribution in [0.25, 0.3) is 11.3 Å². The van der Waals surface area contributed by atoms with Gasteiger partial charge in [0.15, 0.2) is 5.69 Å². The normalized spacial score (nSPS) is 11.4. The summed E-state index contributed by atoms with van der Waals surface area (Å²) in [5.41, 5.74) is 6.00. The van der Waals surface area contributed by atoms with Crippen molar-refractivity contribution in [2.24, 2.45) is 7.05 Å². The number of amides is 1. The maximum absolute atomic E-state index is 12.3. The Morgan fingerprint density at radius 3 is 2.70 bits per heavy atom. The van der Waals surface area contributed by atoms with Gasteiger partial charge in [0.25, 0.3) is 5.91 Å². The van der Waals surface area contributed by atoms with Gasteiger partial charge in [0.2, 0.25) is 5.95 Å². The molecule has 3 heterocycles. The van der Waals surface area contributed by atoms with Gasteiger partial charge in [0.1, 0.15) is 6.26 Å². The van der Waals surface area contributed by atoms with E-state index in [0.29, 0.717) is 12.5 Å². The summed E-state index contributed by atoms with van der Waals surface area (Å²) < 4.78 is 6.47. The van der Waals surface area contributed by atoms with Crippen molar-refractivity contribution in [3.63, 3.8) is 0 Å². The lowest BCUT2D eigenvalue weighted by atomic mass is 9.81. The maximum Gasteiger partial charge on any atom is 0.273 e. The van der Waals surface area contributed by atoms with Gasteiger partial charge >= 0.3 is 0 Å². The molecule has 0 unspecified atom stereocenters. The molecule has 1 amide bonds. The molecule has 0 saturated carbocycles. The Morgan fingerprint density at radius 1 is 1.21 bits per heavy atom. The summed E-state index contributed by atoms with van der Waals surface area (Å²) in [6.45, 7) is 8.90. The molecule has 4 rings (SSSR count). The second-order valence-corrected chi connectivity index (χ2v) is 8.93. The van der Waals surface area contributed by atoms with Crippen molar-refractivity contribution in [2.75, 3.05) is 5.32 Å². The standard InChI is InChI=1S/C24H27N7O2/c1-15-10-18(20-6-8-25-23(29-20)28-17-13-27-31(5)14-17)19(24(2,3)4)11-16(15)12-26-22(32)21-7-9-33-30-21/h6-11,13-14H,12H2,1-5H3,(H,26,32)(H,25,28,29). The third-order valence-corrected chi connectivity index (χ3v) is 5.29. The Hall–Kier alpha value is -4.01.